The van der Waals surface area contributed by atoms with Crippen molar-refractivity contribution in [1.82, 2.24) is 23.9 Å². The monoisotopic (exact) mass is 432 g/mol. The molecule has 0 aliphatic heterocycles. The van der Waals surface area contributed by atoms with Crippen molar-refractivity contribution in [2.75, 3.05) is 11.5 Å². The first-order valence-electron chi connectivity index (χ1n) is 9.32. The number of rotatable bonds is 7. The maximum atomic E-state index is 12.9. The Labute approximate surface area is 176 Å². The summed E-state index contributed by atoms with van der Waals surface area (Å²) in [6.07, 6.45) is 1.57. The summed E-state index contributed by atoms with van der Waals surface area (Å²) in [5.74, 6) is 0.785. The Morgan fingerprint density at radius 2 is 1.93 bits per heavy atom. The number of furan rings is 1. The van der Waals surface area contributed by atoms with E-state index in [4.69, 9.17) is 10.2 Å². The summed E-state index contributed by atoms with van der Waals surface area (Å²) in [4.78, 5) is 37.8. The number of aryl methyl sites for hydroxylation is 1. The smallest absolute Gasteiger partial charge is 0.332 e. The van der Waals surface area contributed by atoms with E-state index in [1.54, 1.807) is 23.9 Å². The molecule has 0 atom stereocenters. The van der Waals surface area contributed by atoms with E-state index in [0.29, 0.717) is 23.3 Å². The average molecular weight is 433 g/mol. The Bertz CT molecular complexity index is 1220. The molecule has 0 aliphatic carbocycles. The van der Waals surface area contributed by atoms with Crippen LogP contribution in [-0.4, -0.2) is 35.4 Å². The molecule has 3 aromatic heterocycles. The van der Waals surface area contributed by atoms with Crippen LogP contribution in [0.5, 0.6) is 0 Å². The lowest BCUT2D eigenvalue weighted by atomic mass is 10.2. The summed E-state index contributed by atoms with van der Waals surface area (Å²) in [7, 11) is 3.12. The average Bonchev–Trinajstić information content (AvgIpc) is 3.27. The molecule has 3 heterocycles. The van der Waals surface area contributed by atoms with E-state index in [1.165, 1.54) is 11.6 Å². The van der Waals surface area contributed by atoms with E-state index in [0.717, 1.165) is 21.9 Å². The highest BCUT2D eigenvalue weighted by Crippen LogP contribution is 2.26. The van der Waals surface area contributed by atoms with Gasteiger partial charge in [-0.2, -0.15) is 0 Å². The fraction of sp³-hybridized carbons (Fsp3) is 0.421. The van der Waals surface area contributed by atoms with Gasteiger partial charge in [0.15, 0.2) is 16.8 Å². The summed E-state index contributed by atoms with van der Waals surface area (Å²) in [6, 6.07) is 1.79. The van der Waals surface area contributed by atoms with Crippen molar-refractivity contribution in [1.29, 1.82) is 0 Å². The van der Waals surface area contributed by atoms with Crippen molar-refractivity contribution in [3.05, 3.63) is 44.5 Å². The van der Waals surface area contributed by atoms with Crippen LogP contribution in [0.4, 0.5) is 5.82 Å². The van der Waals surface area contributed by atoms with Gasteiger partial charge in [0.1, 0.15) is 17.1 Å². The highest BCUT2D eigenvalue weighted by atomic mass is 32.2. The second-order valence-electron chi connectivity index (χ2n) is 7.38. The number of carbonyl (C=O) groups is 1. The first-order valence-corrected chi connectivity index (χ1v) is 10.3. The minimum atomic E-state index is -0.698. The van der Waals surface area contributed by atoms with Crippen LogP contribution >= 0.6 is 11.8 Å². The van der Waals surface area contributed by atoms with Gasteiger partial charge in [-0.15, -0.1) is 10.2 Å². The molecule has 0 fully saturated rings. The number of ketones is 1. The zero-order valence-electron chi connectivity index (χ0n) is 17.5. The molecule has 0 amide bonds. The number of thioether (sulfide) groups is 1. The molecule has 3 aromatic rings. The number of aromatic nitrogens is 5. The van der Waals surface area contributed by atoms with E-state index in [9.17, 15) is 14.4 Å². The number of hydrogen-bond acceptors (Lipinski definition) is 8. The predicted molar refractivity (Wildman–Crippen MR) is 114 cm³/mol. The molecule has 0 saturated carbocycles. The van der Waals surface area contributed by atoms with E-state index in [-0.39, 0.29) is 23.1 Å². The summed E-state index contributed by atoms with van der Waals surface area (Å²) in [6.45, 7) is 5.97. The molecule has 2 N–H and O–H groups in total. The minimum absolute atomic E-state index is 0.0737. The Morgan fingerprint density at radius 1 is 1.23 bits per heavy atom. The number of anilines is 1. The van der Waals surface area contributed by atoms with Crippen molar-refractivity contribution >= 4 is 23.4 Å². The van der Waals surface area contributed by atoms with E-state index in [1.807, 2.05) is 20.8 Å². The zero-order chi connectivity index (χ0) is 22.2. The number of nitrogens with zero attached hydrogens (tertiary/aromatic N) is 5. The van der Waals surface area contributed by atoms with Gasteiger partial charge >= 0.3 is 5.69 Å². The number of nitrogen functional groups attached to an aromatic ring is 1. The van der Waals surface area contributed by atoms with Gasteiger partial charge in [-0.3, -0.25) is 18.7 Å². The van der Waals surface area contributed by atoms with Gasteiger partial charge in [-0.1, -0.05) is 25.6 Å². The van der Waals surface area contributed by atoms with Crippen molar-refractivity contribution in [2.24, 2.45) is 20.0 Å². The van der Waals surface area contributed by atoms with Crippen LogP contribution < -0.4 is 17.0 Å². The largest absolute Gasteiger partial charge is 0.469 e. The minimum Gasteiger partial charge on any atom is -0.469 e. The lowest BCUT2D eigenvalue weighted by molar-refractivity contribution is 0.102. The topological polar surface area (TPSA) is 131 Å². The first kappa shape index (κ1) is 21.6. The van der Waals surface area contributed by atoms with Crippen molar-refractivity contribution in [3.63, 3.8) is 0 Å². The van der Waals surface area contributed by atoms with Crippen LogP contribution in [0.25, 0.3) is 11.4 Å². The maximum absolute atomic E-state index is 12.9. The van der Waals surface area contributed by atoms with Crippen LogP contribution in [0, 0.1) is 12.8 Å². The number of nitrogens with two attached hydrogens (primary N) is 1. The van der Waals surface area contributed by atoms with E-state index < -0.39 is 17.0 Å². The van der Waals surface area contributed by atoms with Gasteiger partial charge in [0, 0.05) is 20.6 Å². The molecular formula is C19H24N6O4S. The van der Waals surface area contributed by atoms with Gasteiger partial charge in [0.2, 0.25) is 0 Å². The second kappa shape index (κ2) is 8.34. The molecule has 0 bridgehead atoms. The summed E-state index contributed by atoms with van der Waals surface area (Å²) in [5.41, 5.74) is 5.45. The van der Waals surface area contributed by atoms with Crippen molar-refractivity contribution in [3.8, 4) is 11.4 Å². The Balaban J connectivity index is 1.88. The maximum Gasteiger partial charge on any atom is 0.332 e. The van der Waals surface area contributed by atoms with Gasteiger partial charge < -0.3 is 14.7 Å². The number of hydrogen-bond donors (Lipinski definition) is 1. The van der Waals surface area contributed by atoms with Gasteiger partial charge in [0.25, 0.3) is 5.56 Å². The number of carbonyl (C=O) groups excluding carboxylic acids is 1. The van der Waals surface area contributed by atoms with Gasteiger partial charge in [0.05, 0.1) is 17.6 Å². The fourth-order valence-electron chi connectivity index (χ4n) is 3.08. The number of Topliss-reactive ketones (excluding diaryl/α,β-unsaturated/α-hetero) is 1. The zero-order valence-corrected chi connectivity index (χ0v) is 18.3. The lowest BCUT2D eigenvalue weighted by Crippen LogP contribution is -2.43. The molecule has 3 rings (SSSR count). The lowest BCUT2D eigenvalue weighted by Gasteiger charge is -2.16. The summed E-state index contributed by atoms with van der Waals surface area (Å²) in [5, 5.41) is 8.79. The summed E-state index contributed by atoms with van der Waals surface area (Å²) >= 11 is 1.14. The molecule has 0 aromatic carbocycles. The van der Waals surface area contributed by atoms with Crippen molar-refractivity contribution in [2.45, 2.75) is 32.5 Å². The van der Waals surface area contributed by atoms with Crippen LogP contribution in [0.3, 0.4) is 0 Å². The van der Waals surface area contributed by atoms with Gasteiger partial charge in [-0.05, 0) is 18.9 Å². The predicted octanol–water partition coefficient (Wildman–Crippen LogP) is 1.46. The van der Waals surface area contributed by atoms with Crippen LogP contribution in [-0.2, 0) is 20.6 Å². The molecule has 0 spiro atoms. The van der Waals surface area contributed by atoms with Crippen LogP contribution in [0.2, 0.25) is 0 Å². The second-order valence-corrected chi connectivity index (χ2v) is 8.32. The molecule has 10 nitrogen and oxygen atoms in total. The highest BCUT2D eigenvalue weighted by Gasteiger charge is 2.23. The van der Waals surface area contributed by atoms with Crippen LogP contribution in [0.1, 0.15) is 30.0 Å². The fourth-order valence-corrected chi connectivity index (χ4v) is 3.86. The third-order valence-electron chi connectivity index (χ3n) is 4.68. The molecule has 30 heavy (non-hydrogen) atoms. The van der Waals surface area contributed by atoms with Gasteiger partial charge in [-0.25, -0.2) is 4.79 Å². The molecule has 0 aliphatic rings. The molecule has 11 heteroatoms. The highest BCUT2D eigenvalue weighted by molar-refractivity contribution is 7.99. The third-order valence-corrected chi connectivity index (χ3v) is 5.70. The molecule has 0 radical (unpaired) electrons. The molecule has 160 valence electrons. The normalized spacial score (nSPS) is 11.4. The Kier molecular flexibility index (Phi) is 6.01. The van der Waals surface area contributed by atoms with Crippen molar-refractivity contribution < 1.29 is 9.21 Å². The SMILES string of the molecule is Cc1occc1-c1nnc(SCC(=O)c2c(N)n(CC(C)C)c(=O)n(C)c2=O)n1C. The Morgan fingerprint density at radius 3 is 2.53 bits per heavy atom. The quantitative estimate of drug-likeness (QED) is 0.438. The molecule has 0 saturated heterocycles. The Hall–Kier alpha value is -3.08. The first-order chi connectivity index (χ1) is 14.1. The van der Waals surface area contributed by atoms with E-state index in [2.05, 4.69) is 10.2 Å². The van der Waals surface area contributed by atoms with E-state index >= 15 is 0 Å². The molecule has 0 unspecified atom stereocenters. The van der Waals surface area contributed by atoms with Crippen LogP contribution in [0.15, 0.2) is 31.5 Å². The summed E-state index contributed by atoms with van der Waals surface area (Å²) < 4.78 is 9.24. The third kappa shape index (κ3) is 3.84. The molecular weight excluding hydrogens is 408 g/mol. The standard InChI is InChI=1S/C19H24N6O4S/c1-10(2)8-25-15(20)14(17(27)24(5)19(25)28)13(26)9-30-18-22-21-16(23(18)4)12-6-7-29-11(12)3/h6-7,10H,8-9,20H2,1-5H3.